The maximum Gasteiger partial charge on any atom is 0.303 e. The molecule has 0 fully saturated rings. The summed E-state index contributed by atoms with van der Waals surface area (Å²) in [7, 11) is 0. The normalized spacial score (nSPS) is 12.0. The molecule has 0 saturated carbocycles. The van der Waals surface area contributed by atoms with Gasteiger partial charge in [0.25, 0.3) is 0 Å². The predicted molar refractivity (Wildman–Crippen MR) is 101 cm³/mol. The number of carbonyl (C=O) groups excluding carboxylic acids is 1. The highest BCUT2D eigenvalue weighted by molar-refractivity contribution is 5.93. The Morgan fingerprint density at radius 2 is 1.96 bits per heavy atom. The van der Waals surface area contributed by atoms with Gasteiger partial charge >= 0.3 is 5.97 Å². The van der Waals surface area contributed by atoms with Crippen molar-refractivity contribution in [2.75, 3.05) is 18.1 Å². The Labute approximate surface area is 159 Å². The van der Waals surface area contributed by atoms with Gasteiger partial charge in [-0.25, -0.2) is 0 Å². The maximum atomic E-state index is 12.1. The molecule has 1 aromatic rings. The number of aryl methyl sites for hydroxylation is 1. The molecule has 0 bridgehead atoms. The summed E-state index contributed by atoms with van der Waals surface area (Å²) >= 11 is 0. The standard InChI is InChI=1S/C20H26N2O5/c1-14-10-18(16(12-21)11-17(14)19(25)13-23)22(15(2)24)9-7-5-3-4-6-8-20(26)27/h3,5,10-11,19,23,25H,4,6-9,13H2,1-2H3,(H,26,27)/b5-3-. The second kappa shape index (κ2) is 11.1. The predicted octanol–water partition coefficient (Wildman–Crippen LogP) is 2.45. The summed E-state index contributed by atoms with van der Waals surface area (Å²) in [6.07, 6.45) is 4.61. The van der Waals surface area contributed by atoms with Crippen LogP contribution in [0.15, 0.2) is 24.3 Å². The first kappa shape index (κ1) is 22.4. The number of hydrogen-bond donors (Lipinski definition) is 3. The number of allylic oxidation sites excluding steroid dienone is 1. The molecule has 146 valence electrons. The number of nitrogens with zero attached hydrogens (tertiary/aromatic N) is 2. The van der Waals surface area contributed by atoms with E-state index in [2.05, 4.69) is 0 Å². The van der Waals surface area contributed by atoms with E-state index >= 15 is 0 Å². The molecule has 1 aromatic carbocycles. The van der Waals surface area contributed by atoms with E-state index in [9.17, 15) is 20.0 Å². The number of carboxylic acids is 1. The van der Waals surface area contributed by atoms with Crippen LogP contribution < -0.4 is 4.90 Å². The number of unbranched alkanes of at least 4 members (excludes halogenated alkanes) is 1. The third-order valence-electron chi connectivity index (χ3n) is 4.16. The molecule has 0 saturated heterocycles. The molecule has 0 spiro atoms. The highest BCUT2D eigenvalue weighted by Gasteiger charge is 2.19. The van der Waals surface area contributed by atoms with E-state index < -0.39 is 18.7 Å². The van der Waals surface area contributed by atoms with Gasteiger partial charge in [0.2, 0.25) is 5.91 Å². The fraction of sp³-hybridized carbons (Fsp3) is 0.450. The van der Waals surface area contributed by atoms with E-state index in [1.807, 2.05) is 18.2 Å². The van der Waals surface area contributed by atoms with E-state index in [1.54, 1.807) is 13.0 Å². The molecule has 1 rings (SSSR count). The second-order valence-corrected chi connectivity index (χ2v) is 6.25. The van der Waals surface area contributed by atoms with Crippen LogP contribution in [0.25, 0.3) is 0 Å². The molecule has 3 N–H and O–H groups in total. The van der Waals surface area contributed by atoms with Crippen LogP contribution in [-0.4, -0.2) is 40.3 Å². The number of amides is 1. The Kier molecular flexibility index (Phi) is 9.20. The Morgan fingerprint density at radius 3 is 2.52 bits per heavy atom. The van der Waals surface area contributed by atoms with Gasteiger partial charge in [-0.1, -0.05) is 12.2 Å². The molecular formula is C20H26N2O5. The van der Waals surface area contributed by atoms with E-state index in [-0.39, 0.29) is 17.9 Å². The van der Waals surface area contributed by atoms with Crippen molar-refractivity contribution in [2.24, 2.45) is 0 Å². The van der Waals surface area contributed by atoms with Gasteiger partial charge in [0.05, 0.1) is 17.9 Å². The van der Waals surface area contributed by atoms with Crippen LogP contribution in [0.4, 0.5) is 5.69 Å². The first-order chi connectivity index (χ1) is 12.8. The number of rotatable bonds is 10. The van der Waals surface area contributed by atoms with Crippen LogP contribution in [0.1, 0.15) is 55.4 Å². The monoisotopic (exact) mass is 374 g/mol. The zero-order chi connectivity index (χ0) is 20.4. The van der Waals surface area contributed by atoms with Gasteiger partial charge in [0.1, 0.15) is 12.2 Å². The minimum absolute atomic E-state index is 0.126. The maximum absolute atomic E-state index is 12.1. The number of carboxylic acid groups (broad SMARTS) is 1. The first-order valence-corrected chi connectivity index (χ1v) is 8.80. The third-order valence-corrected chi connectivity index (χ3v) is 4.16. The molecule has 0 aromatic heterocycles. The second-order valence-electron chi connectivity index (χ2n) is 6.25. The SMILES string of the molecule is CC(=O)N(CC/C=C\CCCC(=O)O)c1cc(C)c(C(O)CO)cc1C#N. The van der Waals surface area contributed by atoms with Crippen LogP contribution in [0, 0.1) is 18.3 Å². The van der Waals surface area contributed by atoms with Crippen LogP contribution in [-0.2, 0) is 9.59 Å². The number of carbonyl (C=O) groups is 2. The molecule has 0 radical (unpaired) electrons. The zero-order valence-electron chi connectivity index (χ0n) is 15.7. The lowest BCUT2D eigenvalue weighted by molar-refractivity contribution is -0.137. The summed E-state index contributed by atoms with van der Waals surface area (Å²) in [6.45, 7) is 3.10. The van der Waals surface area contributed by atoms with Crippen molar-refractivity contribution in [1.82, 2.24) is 0 Å². The van der Waals surface area contributed by atoms with Gasteiger partial charge < -0.3 is 20.2 Å². The Bertz CT molecular complexity index is 737. The van der Waals surface area contributed by atoms with Crippen molar-refractivity contribution >= 4 is 17.6 Å². The fourth-order valence-electron chi connectivity index (χ4n) is 2.74. The molecule has 1 unspecified atom stereocenters. The molecule has 7 heteroatoms. The summed E-state index contributed by atoms with van der Waals surface area (Å²) in [5, 5.41) is 37.0. The van der Waals surface area contributed by atoms with Crippen LogP contribution in [0.2, 0.25) is 0 Å². The number of aliphatic carboxylic acids is 1. The summed E-state index contributed by atoms with van der Waals surface area (Å²) in [4.78, 5) is 24.0. The summed E-state index contributed by atoms with van der Waals surface area (Å²) in [5.74, 6) is -1.03. The van der Waals surface area contributed by atoms with E-state index in [0.717, 1.165) is 0 Å². The number of anilines is 1. The minimum atomic E-state index is -1.08. The van der Waals surface area contributed by atoms with Crippen molar-refractivity contribution < 1.29 is 24.9 Å². The Hall–Kier alpha value is -2.69. The number of aliphatic hydroxyl groups excluding tert-OH is 2. The van der Waals surface area contributed by atoms with Crippen LogP contribution in [0.5, 0.6) is 0 Å². The highest BCUT2D eigenvalue weighted by atomic mass is 16.4. The molecule has 1 amide bonds. The van der Waals surface area contributed by atoms with Gasteiger partial charge in [0.15, 0.2) is 0 Å². The molecule has 0 aliphatic rings. The van der Waals surface area contributed by atoms with Gasteiger partial charge in [-0.3, -0.25) is 9.59 Å². The Balaban J connectivity index is 2.90. The topological polar surface area (TPSA) is 122 Å². The van der Waals surface area contributed by atoms with E-state index in [1.165, 1.54) is 17.9 Å². The summed E-state index contributed by atoms with van der Waals surface area (Å²) < 4.78 is 0. The van der Waals surface area contributed by atoms with Crippen molar-refractivity contribution in [3.8, 4) is 6.07 Å². The zero-order valence-corrected chi connectivity index (χ0v) is 15.7. The number of benzene rings is 1. The molecule has 0 heterocycles. The largest absolute Gasteiger partial charge is 0.481 e. The number of nitriles is 1. The molecule has 7 nitrogen and oxygen atoms in total. The minimum Gasteiger partial charge on any atom is -0.481 e. The summed E-state index contributed by atoms with van der Waals surface area (Å²) in [6, 6.07) is 5.22. The number of hydrogen-bond acceptors (Lipinski definition) is 5. The van der Waals surface area contributed by atoms with Crippen LogP contribution >= 0.6 is 0 Å². The quantitative estimate of drug-likeness (QED) is 0.427. The number of aliphatic hydroxyl groups is 2. The van der Waals surface area contributed by atoms with Gasteiger partial charge in [-0.15, -0.1) is 0 Å². The molecule has 0 aliphatic carbocycles. The third kappa shape index (κ3) is 6.85. The Morgan fingerprint density at radius 1 is 1.30 bits per heavy atom. The van der Waals surface area contributed by atoms with E-state index in [4.69, 9.17) is 10.2 Å². The summed E-state index contributed by atoms with van der Waals surface area (Å²) in [5.41, 5.74) is 1.86. The first-order valence-electron chi connectivity index (χ1n) is 8.80. The van der Waals surface area contributed by atoms with Gasteiger partial charge in [-0.05, 0) is 49.4 Å². The van der Waals surface area contributed by atoms with Gasteiger partial charge in [0, 0.05) is 19.9 Å². The van der Waals surface area contributed by atoms with Gasteiger partial charge in [-0.2, -0.15) is 5.26 Å². The molecular weight excluding hydrogens is 348 g/mol. The van der Waals surface area contributed by atoms with Crippen molar-refractivity contribution in [2.45, 2.75) is 45.6 Å². The lowest BCUT2D eigenvalue weighted by atomic mass is 9.98. The highest BCUT2D eigenvalue weighted by Crippen LogP contribution is 2.28. The lowest BCUT2D eigenvalue weighted by Crippen LogP contribution is -2.30. The smallest absolute Gasteiger partial charge is 0.303 e. The average Bonchev–Trinajstić information content (AvgIpc) is 2.62. The average molecular weight is 374 g/mol. The molecule has 1 atom stereocenters. The fourth-order valence-corrected chi connectivity index (χ4v) is 2.74. The van der Waals surface area contributed by atoms with Crippen molar-refractivity contribution in [3.05, 3.63) is 41.0 Å². The van der Waals surface area contributed by atoms with Crippen molar-refractivity contribution in [3.63, 3.8) is 0 Å². The van der Waals surface area contributed by atoms with Crippen LogP contribution in [0.3, 0.4) is 0 Å². The molecule has 0 aliphatic heterocycles. The van der Waals surface area contributed by atoms with Crippen molar-refractivity contribution in [1.29, 1.82) is 5.26 Å². The molecule has 27 heavy (non-hydrogen) atoms. The lowest BCUT2D eigenvalue weighted by Gasteiger charge is -2.24. The van der Waals surface area contributed by atoms with E-state index in [0.29, 0.717) is 42.6 Å².